The molecule has 0 bridgehead atoms. The van der Waals surface area contributed by atoms with Gasteiger partial charge in [-0.25, -0.2) is 9.97 Å². The van der Waals surface area contributed by atoms with Gasteiger partial charge in [0.15, 0.2) is 5.79 Å². The number of hydrogen-bond donors (Lipinski definition) is 0. The van der Waals surface area contributed by atoms with Crippen LogP contribution in [0.1, 0.15) is 30.3 Å². The molecule has 8 nitrogen and oxygen atoms in total. The maximum atomic E-state index is 12.8. The van der Waals surface area contributed by atoms with Crippen molar-refractivity contribution in [2.45, 2.75) is 25.6 Å². The highest BCUT2D eigenvalue weighted by Gasteiger charge is 2.40. The standard InChI is InChI=1S/C18H27N5O3/c1-2-21-9-11-22(12-10-21)16(24)15-3-6-19-17(20-15)23-7-4-18(5-8-23)25-13-14-26-18/h3,6H,2,4-5,7-14H2,1H3. The van der Waals surface area contributed by atoms with Gasteiger partial charge in [-0.05, 0) is 12.6 Å². The van der Waals surface area contributed by atoms with Crippen molar-refractivity contribution in [3.63, 3.8) is 0 Å². The van der Waals surface area contributed by atoms with Gasteiger partial charge in [0.05, 0.1) is 13.2 Å². The number of piperazine rings is 1. The minimum Gasteiger partial charge on any atom is -0.347 e. The largest absolute Gasteiger partial charge is 0.347 e. The van der Waals surface area contributed by atoms with Crippen molar-refractivity contribution >= 4 is 11.9 Å². The van der Waals surface area contributed by atoms with Crippen LogP contribution in [0.2, 0.25) is 0 Å². The van der Waals surface area contributed by atoms with Crippen molar-refractivity contribution in [3.05, 3.63) is 18.0 Å². The van der Waals surface area contributed by atoms with Crippen molar-refractivity contribution in [1.82, 2.24) is 19.8 Å². The Labute approximate surface area is 154 Å². The number of likely N-dealkylation sites (N-methyl/N-ethyl adjacent to an activating group) is 1. The average molecular weight is 361 g/mol. The zero-order valence-electron chi connectivity index (χ0n) is 15.4. The molecule has 1 amide bonds. The predicted molar refractivity (Wildman–Crippen MR) is 96.1 cm³/mol. The Morgan fingerprint density at radius 1 is 1.12 bits per heavy atom. The first kappa shape index (κ1) is 17.6. The van der Waals surface area contributed by atoms with Gasteiger partial charge in [-0.2, -0.15) is 0 Å². The Balaban J connectivity index is 1.40. The highest BCUT2D eigenvalue weighted by molar-refractivity contribution is 5.92. The summed E-state index contributed by atoms with van der Waals surface area (Å²) in [7, 11) is 0. The van der Waals surface area contributed by atoms with Crippen LogP contribution in [-0.4, -0.2) is 90.5 Å². The molecule has 1 aromatic heterocycles. The van der Waals surface area contributed by atoms with Crippen LogP contribution in [0, 0.1) is 0 Å². The quantitative estimate of drug-likeness (QED) is 0.781. The van der Waals surface area contributed by atoms with Gasteiger partial charge in [0.25, 0.3) is 5.91 Å². The molecule has 1 aromatic rings. The summed E-state index contributed by atoms with van der Waals surface area (Å²) in [6.45, 7) is 9.43. The summed E-state index contributed by atoms with van der Waals surface area (Å²) in [5.74, 6) is 0.208. The molecule has 3 saturated heterocycles. The number of nitrogens with zero attached hydrogens (tertiary/aromatic N) is 5. The SMILES string of the molecule is CCN1CCN(C(=O)c2ccnc(N3CCC4(CC3)OCCO4)n2)CC1. The highest BCUT2D eigenvalue weighted by Crippen LogP contribution is 2.32. The van der Waals surface area contributed by atoms with Crippen LogP contribution < -0.4 is 4.90 Å². The Hall–Kier alpha value is -1.77. The Bertz CT molecular complexity index is 631. The van der Waals surface area contributed by atoms with Gasteiger partial charge in [0.2, 0.25) is 5.95 Å². The third-order valence-corrected chi connectivity index (χ3v) is 5.59. The van der Waals surface area contributed by atoms with E-state index in [2.05, 4.69) is 26.7 Å². The predicted octanol–water partition coefficient (Wildman–Crippen LogP) is 0.598. The van der Waals surface area contributed by atoms with Gasteiger partial charge >= 0.3 is 0 Å². The topological polar surface area (TPSA) is 71.0 Å². The van der Waals surface area contributed by atoms with Crippen LogP contribution in [0.25, 0.3) is 0 Å². The number of carbonyl (C=O) groups is 1. The molecule has 3 aliphatic heterocycles. The van der Waals surface area contributed by atoms with E-state index in [9.17, 15) is 4.79 Å². The number of piperidine rings is 1. The third kappa shape index (κ3) is 3.54. The number of aromatic nitrogens is 2. The summed E-state index contributed by atoms with van der Waals surface area (Å²) in [6.07, 6.45) is 3.28. The molecule has 1 spiro atoms. The summed E-state index contributed by atoms with van der Waals surface area (Å²) in [6, 6.07) is 1.71. The molecule has 0 saturated carbocycles. The van der Waals surface area contributed by atoms with E-state index in [-0.39, 0.29) is 5.91 Å². The number of ether oxygens (including phenoxy) is 2. The number of amides is 1. The van der Waals surface area contributed by atoms with E-state index in [0.717, 1.165) is 58.7 Å². The van der Waals surface area contributed by atoms with Crippen molar-refractivity contribution in [2.24, 2.45) is 0 Å². The van der Waals surface area contributed by atoms with Crippen LogP contribution in [-0.2, 0) is 9.47 Å². The molecule has 26 heavy (non-hydrogen) atoms. The van der Waals surface area contributed by atoms with E-state index in [1.165, 1.54) is 0 Å². The summed E-state index contributed by atoms with van der Waals surface area (Å²) < 4.78 is 11.5. The fraction of sp³-hybridized carbons (Fsp3) is 0.722. The van der Waals surface area contributed by atoms with Gasteiger partial charge in [-0.15, -0.1) is 0 Å². The van der Waals surface area contributed by atoms with Crippen molar-refractivity contribution < 1.29 is 14.3 Å². The molecular weight excluding hydrogens is 334 g/mol. The molecule has 142 valence electrons. The number of rotatable bonds is 3. The third-order valence-electron chi connectivity index (χ3n) is 5.59. The second-order valence-corrected chi connectivity index (χ2v) is 7.06. The molecule has 4 heterocycles. The minimum atomic E-state index is -0.414. The lowest BCUT2D eigenvalue weighted by Gasteiger charge is -2.37. The first-order chi connectivity index (χ1) is 12.7. The zero-order valence-corrected chi connectivity index (χ0v) is 15.4. The minimum absolute atomic E-state index is 0.000317. The molecule has 4 rings (SSSR count). The molecule has 0 N–H and O–H groups in total. The molecule has 0 unspecified atom stereocenters. The smallest absolute Gasteiger partial charge is 0.272 e. The van der Waals surface area contributed by atoms with Crippen LogP contribution in [0.15, 0.2) is 12.3 Å². The van der Waals surface area contributed by atoms with Crippen LogP contribution >= 0.6 is 0 Å². The van der Waals surface area contributed by atoms with Crippen molar-refractivity contribution in [1.29, 1.82) is 0 Å². The zero-order chi connectivity index (χ0) is 18.0. The Morgan fingerprint density at radius 3 is 2.46 bits per heavy atom. The van der Waals surface area contributed by atoms with Crippen LogP contribution in [0.4, 0.5) is 5.95 Å². The summed E-state index contributed by atoms with van der Waals surface area (Å²) in [4.78, 5) is 28.1. The Morgan fingerprint density at radius 2 is 1.81 bits per heavy atom. The lowest BCUT2D eigenvalue weighted by molar-refractivity contribution is -0.169. The van der Waals surface area contributed by atoms with Crippen LogP contribution in [0.5, 0.6) is 0 Å². The second-order valence-electron chi connectivity index (χ2n) is 7.06. The normalized spacial score (nSPS) is 23.6. The molecule has 0 aliphatic carbocycles. The van der Waals surface area contributed by atoms with E-state index in [1.807, 2.05) is 4.90 Å². The van der Waals surface area contributed by atoms with E-state index < -0.39 is 5.79 Å². The molecule has 3 aliphatic rings. The van der Waals surface area contributed by atoms with Gasteiger partial charge in [-0.3, -0.25) is 4.79 Å². The molecule has 3 fully saturated rings. The average Bonchev–Trinajstić information content (AvgIpc) is 3.16. The fourth-order valence-corrected chi connectivity index (χ4v) is 3.88. The molecule has 0 aromatic carbocycles. The van der Waals surface area contributed by atoms with Gasteiger partial charge in [0, 0.05) is 58.3 Å². The molecule has 0 atom stereocenters. The Kier molecular flexibility index (Phi) is 5.06. The maximum absolute atomic E-state index is 12.8. The molecule has 8 heteroatoms. The lowest BCUT2D eigenvalue weighted by atomic mass is 10.0. The first-order valence-corrected chi connectivity index (χ1v) is 9.57. The first-order valence-electron chi connectivity index (χ1n) is 9.57. The monoisotopic (exact) mass is 361 g/mol. The van der Waals surface area contributed by atoms with Crippen molar-refractivity contribution in [3.8, 4) is 0 Å². The maximum Gasteiger partial charge on any atom is 0.272 e. The summed E-state index contributed by atoms with van der Waals surface area (Å²) in [5.41, 5.74) is 0.480. The number of carbonyl (C=O) groups excluding carboxylic acids is 1. The van der Waals surface area contributed by atoms with Gasteiger partial charge in [0.1, 0.15) is 5.69 Å². The van der Waals surface area contributed by atoms with Crippen LogP contribution in [0.3, 0.4) is 0 Å². The molecule has 0 radical (unpaired) electrons. The van der Waals surface area contributed by atoms with Gasteiger partial charge < -0.3 is 24.2 Å². The molecular formula is C18H27N5O3. The number of anilines is 1. The van der Waals surface area contributed by atoms with Crippen molar-refractivity contribution in [2.75, 3.05) is 63.9 Å². The lowest BCUT2D eigenvalue weighted by Crippen LogP contribution is -2.48. The fourth-order valence-electron chi connectivity index (χ4n) is 3.88. The van der Waals surface area contributed by atoms with E-state index in [0.29, 0.717) is 24.9 Å². The highest BCUT2D eigenvalue weighted by atomic mass is 16.7. The van der Waals surface area contributed by atoms with E-state index >= 15 is 0 Å². The van der Waals surface area contributed by atoms with Gasteiger partial charge in [-0.1, -0.05) is 6.92 Å². The summed E-state index contributed by atoms with van der Waals surface area (Å²) in [5, 5.41) is 0. The number of hydrogen-bond acceptors (Lipinski definition) is 7. The summed E-state index contributed by atoms with van der Waals surface area (Å²) >= 11 is 0. The van der Waals surface area contributed by atoms with E-state index in [1.54, 1.807) is 12.3 Å². The second kappa shape index (κ2) is 7.46. The van der Waals surface area contributed by atoms with E-state index in [4.69, 9.17) is 9.47 Å².